The lowest BCUT2D eigenvalue weighted by atomic mass is 9.92. The van der Waals surface area contributed by atoms with E-state index in [1.165, 1.54) is 11.1 Å². The third-order valence-electron chi connectivity index (χ3n) is 6.35. The molecule has 186 valence electrons. The fourth-order valence-corrected chi connectivity index (χ4v) is 4.70. The van der Waals surface area contributed by atoms with Crippen molar-refractivity contribution in [2.75, 3.05) is 39.6 Å². The maximum atomic E-state index is 12.2. The lowest BCUT2D eigenvalue weighted by molar-refractivity contribution is -0.140. The molecule has 1 aliphatic heterocycles. The first kappa shape index (κ1) is 24.7. The molecule has 2 aliphatic rings. The molecule has 2 aromatic carbocycles. The number of rotatable bonds is 10. The normalized spacial score (nSPS) is 18.9. The molecule has 4 rings (SSSR count). The van der Waals surface area contributed by atoms with Gasteiger partial charge in [0.05, 0.1) is 19.6 Å². The van der Waals surface area contributed by atoms with Gasteiger partial charge in [0, 0.05) is 31.0 Å². The number of carboxylic acids is 1. The van der Waals surface area contributed by atoms with Gasteiger partial charge in [-0.1, -0.05) is 48.5 Å². The van der Waals surface area contributed by atoms with Crippen molar-refractivity contribution in [2.24, 2.45) is 5.92 Å². The van der Waals surface area contributed by atoms with Crippen LogP contribution in [-0.2, 0) is 23.8 Å². The Morgan fingerprint density at radius 3 is 2.40 bits per heavy atom. The van der Waals surface area contributed by atoms with Crippen LogP contribution in [0, 0.1) is 5.92 Å². The Bertz CT molecular complexity index is 1010. The van der Waals surface area contributed by atoms with E-state index in [1.54, 1.807) is 0 Å². The van der Waals surface area contributed by atoms with Crippen LogP contribution in [0.5, 0.6) is 0 Å². The summed E-state index contributed by atoms with van der Waals surface area (Å²) in [4.78, 5) is 35.3. The lowest BCUT2D eigenvalue weighted by Crippen LogP contribution is -2.47. The molecular formula is C26H30N2O7. The summed E-state index contributed by atoms with van der Waals surface area (Å²) in [6, 6.07) is 16.0. The second-order valence-corrected chi connectivity index (χ2v) is 8.70. The molecule has 2 unspecified atom stereocenters. The van der Waals surface area contributed by atoms with Crippen LogP contribution in [0.4, 0.5) is 4.79 Å². The van der Waals surface area contributed by atoms with E-state index in [9.17, 15) is 14.4 Å². The van der Waals surface area contributed by atoms with Gasteiger partial charge in [-0.15, -0.1) is 0 Å². The molecule has 3 N–H and O–H groups in total. The molecule has 0 radical (unpaired) electrons. The minimum atomic E-state index is -0.921. The Morgan fingerprint density at radius 1 is 1.03 bits per heavy atom. The summed E-state index contributed by atoms with van der Waals surface area (Å²) in [5, 5.41) is 14.5. The van der Waals surface area contributed by atoms with Gasteiger partial charge in [-0.2, -0.15) is 0 Å². The molecule has 9 heteroatoms. The van der Waals surface area contributed by atoms with E-state index in [2.05, 4.69) is 34.9 Å². The quantitative estimate of drug-likeness (QED) is 0.445. The minimum Gasteiger partial charge on any atom is -0.481 e. The topological polar surface area (TPSA) is 123 Å². The zero-order valence-electron chi connectivity index (χ0n) is 19.4. The molecule has 1 heterocycles. The van der Waals surface area contributed by atoms with Crippen LogP contribution >= 0.6 is 0 Å². The van der Waals surface area contributed by atoms with Crippen LogP contribution in [0.2, 0.25) is 0 Å². The summed E-state index contributed by atoms with van der Waals surface area (Å²) in [5.41, 5.74) is 4.62. The monoisotopic (exact) mass is 482 g/mol. The molecule has 2 aromatic rings. The maximum absolute atomic E-state index is 12.2. The van der Waals surface area contributed by atoms with E-state index < -0.39 is 12.1 Å². The first-order valence-electron chi connectivity index (χ1n) is 11.8. The van der Waals surface area contributed by atoms with Crippen molar-refractivity contribution in [3.63, 3.8) is 0 Å². The Labute approximate surface area is 203 Å². The summed E-state index contributed by atoms with van der Waals surface area (Å²) in [7, 11) is 0. The number of nitrogens with one attached hydrogen (secondary N) is 2. The molecule has 1 saturated heterocycles. The predicted octanol–water partition coefficient (Wildman–Crippen LogP) is 2.54. The van der Waals surface area contributed by atoms with E-state index in [0.29, 0.717) is 19.6 Å². The Kier molecular flexibility index (Phi) is 8.33. The fraction of sp³-hybridized carbons (Fsp3) is 0.423. The average Bonchev–Trinajstić information content (AvgIpc) is 3.17. The number of benzene rings is 2. The fourth-order valence-electron chi connectivity index (χ4n) is 4.70. The van der Waals surface area contributed by atoms with Gasteiger partial charge in [0.1, 0.15) is 13.2 Å². The molecule has 9 nitrogen and oxygen atoms in total. The predicted molar refractivity (Wildman–Crippen MR) is 127 cm³/mol. The van der Waals surface area contributed by atoms with Crippen LogP contribution in [0.25, 0.3) is 11.1 Å². The molecule has 0 spiro atoms. The summed E-state index contributed by atoms with van der Waals surface area (Å²) in [5.74, 6) is -1.52. The number of carbonyl (C=O) groups excluding carboxylic acids is 2. The highest BCUT2D eigenvalue weighted by Crippen LogP contribution is 2.44. The van der Waals surface area contributed by atoms with Crippen molar-refractivity contribution in [2.45, 2.75) is 24.8 Å². The van der Waals surface area contributed by atoms with Gasteiger partial charge in [0.25, 0.3) is 0 Å². The number of ether oxygens (including phenoxy) is 3. The van der Waals surface area contributed by atoms with Gasteiger partial charge >= 0.3 is 12.1 Å². The smallest absolute Gasteiger partial charge is 0.407 e. The first-order chi connectivity index (χ1) is 17.0. The van der Waals surface area contributed by atoms with Crippen LogP contribution in [-0.4, -0.2) is 68.7 Å². The van der Waals surface area contributed by atoms with E-state index in [-0.39, 0.29) is 56.6 Å². The summed E-state index contributed by atoms with van der Waals surface area (Å²) >= 11 is 0. The number of carbonyl (C=O) groups is 3. The Morgan fingerprint density at radius 2 is 1.71 bits per heavy atom. The van der Waals surface area contributed by atoms with E-state index in [0.717, 1.165) is 11.1 Å². The summed E-state index contributed by atoms with van der Waals surface area (Å²) < 4.78 is 16.1. The number of hydrogen-bond donors (Lipinski definition) is 3. The van der Waals surface area contributed by atoms with Crippen molar-refractivity contribution >= 4 is 18.0 Å². The van der Waals surface area contributed by atoms with Crippen molar-refractivity contribution in [1.82, 2.24) is 10.6 Å². The van der Waals surface area contributed by atoms with Crippen LogP contribution in [0.1, 0.15) is 29.9 Å². The van der Waals surface area contributed by atoms with Gasteiger partial charge in [-0.25, -0.2) is 4.79 Å². The number of amides is 2. The van der Waals surface area contributed by atoms with Gasteiger partial charge in [-0.3, -0.25) is 9.59 Å². The molecule has 1 fully saturated rings. The highest BCUT2D eigenvalue weighted by molar-refractivity contribution is 5.79. The molecule has 35 heavy (non-hydrogen) atoms. The van der Waals surface area contributed by atoms with Gasteiger partial charge in [0.15, 0.2) is 0 Å². The zero-order valence-corrected chi connectivity index (χ0v) is 19.4. The van der Waals surface area contributed by atoms with Crippen molar-refractivity contribution in [3.8, 4) is 11.1 Å². The van der Waals surface area contributed by atoms with Crippen LogP contribution < -0.4 is 10.6 Å². The molecule has 0 aromatic heterocycles. The van der Waals surface area contributed by atoms with Gasteiger partial charge in [-0.05, 0) is 28.7 Å². The van der Waals surface area contributed by atoms with Gasteiger partial charge in [0.2, 0.25) is 5.91 Å². The molecule has 2 atom stereocenters. The van der Waals surface area contributed by atoms with Gasteiger partial charge < -0.3 is 30.0 Å². The second kappa shape index (κ2) is 11.8. The third-order valence-corrected chi connectivity index (χ3v) is 6.35. The summed E-state index contributed by atoms with van der Waals surface area (Å²) in [6.07, 6.45) is -0.0401. The second-order valence-electron chi connectivity index (χ2n) is 8.70. The standard InChI is InChI=1S/C26H30N2O7/c29-24(28-23-9-11-33-14-17(23)13-25(30)31)16-34-12-10-27-26(32)35-15-22-20-7-3-1-5-18(20)19-6-2-4-8-21(19)22/h1-8,17,22-23H,9-16H2,(H,27,32)(H,28,29)(H,30,31). The van der Waals surface area contributed by atoms with Crippen LogP contribution in [0.3, 0.4) is 0 Å². The minimum absolute atomic E-state index is 0.0109. The van der Waals surface area contributed by atoms with E-state index in [1.807, 2.05) is 24.3 Å². The zero-order chi connectivity index (χ0) is 24.6. The molecule has 2 amide bonds. The number of fused-ring (bicyclic) bond motifs is 3. The lowest BCUT2D eigenvalue weighted by Gasteiger charge is -2.31. The van der Waals surface area contributed by atoms with E-state index >= 15 is 0 Å². The van der Waals surface area contributed by atoms with Crippen molar-refractivity contribution < 1.29 is 33.7 Å². The largest absolute Gasteiger partial charge is 0.481 e. The highest BCUT2D eigenvalue weighted by Gasteiger charge is 2.30. The maximum Gasteiger partial charge on any atom is 0.407 e. The Hall–Kier alpha value is -3.43. The van der Waals surface area contributed by atoms with Crippen molar-refractivity contribution in [1.29, 1.82) is 0 Å². The number of hydrogen-bond acceptors (Lipinski definition) is 6. The third kappa shape index (κ3) is 6.37. The number of carboxylic acid groups (broad SMARTS) is 1. The summed E-state index contributed by atoms with van der Waals surface area (Å²) in [6.45, 7) is 1.18. The average molecular weight is 483 g/mol. The number of aliphatic carboxylic acids is 1. The van der Waals surface area contributed by atoms with E-state index in [4.69, 9.17) is 19.3 Å². The highest BCUT2D eigenvalue weighted by atomic mass is 16.5. The first-order valence-corrected chi connectivity index (χ1v) is 11.8. The van der Waals surface area contributed by atoms with Crippen molar-refractivity contribution in [3.05, 3.63) is 59.7 Å². The molecular weight excluding hydrogens is 452 g/mol. The SMILES string of the molecule is O=C(O)CC1COCCC1NC(=O)COCCNC(=O)OCC1c2ccccc2-c2ccccc21. The van der Waals surface area contributed by atoms with Crippen LogP contribution in [0.15, 0.2) is 48.5 Å². The number of alkyl carbamates (subject to hydrolysis) is 1. The molecule has 1 aliphatic carbocycles. The molecule has 0 bridgehead atoms. The molecule has 0 saturated carbocycles. The Balaban J connectivity index is 1.14.